The average Bonchev–Trinajstić information content (AvgIpc) is 2.70. The molecule has 0 radical (unpaired) electrons. The van der Waals surface area contributed by atoms with Crippen LogP contribution in [0.5, 0.6) is 11.5 Å². The molecule has 2 atom stereocenters. The molecule has 0 aromatic heterocycles. The quantitative estimate of drug-likeness (QED) is 0.908. The summed E-state index contributed by atoms with van der Waals surface area (Å²) in [5.41, 5.74) is 0.393. The molecule has 2 aliphatic rings. The first kappa shape index (κ1) is 14.5. The minimum Gasteiger partial charge on any atom is -0.490 e. The van der Waals surface area contributed by atoms with E-state index in [1.807, 2.05) is 13.8 Å². The highest BCUT2D eigenvalue weighted by atomic mass is 35.5. The summed E-state index contributed by atoms with van der Waals surface area (Å²) in [6, 6.07) is 3.17. The van der Waals surface area contributed by atoms with E-state index in [4.69, 9.17) is 21.1 Å². The van der Waals surface area contributed by atoms with Gasteiger partial charge in [-0.2, -0.15) is 0 Å². The van der Waals surface area contributed by atoms with Crippen molar-refractivity contribution in [3.05, 3.63) is 22.7 Å². The molecule has 1 aromatic carbocycles. The lowest BCUT2D eigenvalue weighted by atomic mass is 10.1. The Balaban J connectivity index is 2.05. The third kappa shape index (κ3) is 2.68. The first-order valence-corrected chi connectivity index (χ1v) is 7.45. The highest BCUT2D eigenvalue weighted by Crippen LogP contribution is 2.38. The highest BCUT2D eigenvalue weighted by Gasteiger charge is 2.40. The van der Waals surface area contributed by atoms with E-state index in [1.165, 1.54) is 0 Å². The molecule has 1 aromatic rings. The molecule has 2 heterocycles. The zero-order valence-electron chi connectivity index (χ0n) is 12.0. The van der Waals surface area contributed by atoms with Gasteiger partial charge in [0.1, 0.15) is 23.7 Å². The number of benzene rings is 1. The fourth-order valence-electron chi connectivity index (χ4n) is 2.86. The number of amides is 1. The van der Waals surface area contributed by atoms with Crippen molar-refractivity contribution in [2.45, 2.75) is 38.5 Å². The van der Waals surface area contributed by atoms with E-state index in [0.717, 1.165) is 0 Å². The number of halogens is 1. The van der Waals surface area contributed by atoms with Crippen LogP contribution in [0, 0.1) is 0 Å². The normalized spacial score (nSPS) is 24.4. The predicted octanol–water partition coefficient (Wildman–Crippen LogP) is 2.09. The van der Waals surface area contributed by atoms with E-state index in [9.17, 15) is 9.90 Å². The third-order valence-electron chi connectivity index (χ3n) is 3.69. The van der Waals surface area contributed by atoms with Crippen LogP contribution >= 0.6 is 11.6 Å². The first-order chi connectivity index (χ1) is 9.95. The summed E-state index contributed by atoms with van der Waals surface area (Å²) in [7, 11) is 0. The van der Waals surface area contributed by atoms with Crippen molar-refractivity contribution in [2.75, 3.05) is 13.2 Å². The Morgan fingerprint density at radius 3 is 2.95 bits per heavy atom. The van der Waals surface area contributed by atoms with Crippen LogP contribution in [0.4, 0.5) is 0 Å². The maximum atomic E-state index is 12.8. The predicted molar refractivity (Wildman–Crippen MR) is 78.2 cm³/mol. The smallest absolute Gasteiger partial charge is 0.261 e. The Bertz CT molecular complexity index is 575. The van der Waals surface area contributed by atoms with Crippen molar-refractivity contribution in [3.8, 4) is 11.5 Å². The van der Waals surface area contributed by atoms with Gasteiger partial charge in [0.15, 0.2) is 0 Å². The van der Waals surface area contributed by atoms with Gasteiger partial charge in [-0.05, 0) is 32.4 Å². The highest BCUT2D eigenvalue weighted by molar-refractivity contribution is 6.31. The molecule has 1 saturated heterocycles. The zero-order valence-corrected chi connectivity index (χ0v) is 12.8. The summed E-state index contributed by atoms with van der Waals surface area (Å²) >= 11 is 6.09. The molecule has 1 fully saturated rings. The van der Waals surface area contributed by atoms with Crippen LogP contribution in [0.25, 0.3) is 0 Å². The number of nitrogens with zero attached hydrogens (tertiary/aromatic N) is 1. The minimum atomic E-state index is -0.495. The number of rotatable bonds is 2. The van der Waals surface area contributed by atoms with Gasteiger partial charge in [0.05, 0.1) is 18.2 Å². The van der Waals surface area contributed by atoms with Crippen molar-refractivity contribution < 1.29 is 19.4 Å². The van der Waals surface area contributed by atoms with Crippen LogP contribution in [0.2, 0.25) is 5.02 Å². The monoisotopic (exact) mass is 311 g/mol. The lowest BCUT2D eigenvalue weighted by Crippen LogP contribution is -2.37. The van der Waals surface area contributed by atoms with Gasteiger partial charge in [0.25, 0.3) is 5.91 Å². The number of hydrogen-bond donors (Lipinski definition) is 1. The number of fused-ring (bicyclic) bond motifs is 2. The molecular weight excluding hydrogens is 294 g/mol. The van der Waals surface area contributed by atoms with E-state index in [-0.39, 0.29) is 18.1 Å². The van der Waals surface area contributed by atoms with Gasteiger partial charge >= 0.3 is 0 Å². The van der Waals surface area contributed by atoms with Crippen LogP contribution in [0.15, 0.2) is 12.1 Å². The maximum absolute atomic E-state index is 12.8. The molecule has 1 amide bonds. The summed E-state index contributed by atoms with van der Waals surface area (Å²) in [5.74, 6) is 0.711. The summed E-state index contributed by atoms with van der Waals surface area (Å²) in [6.45, 7) is 4.46. The Kier molecular flexibility index (Phi) is 3.71. The van der Waals surface area contributed by atoms with Crippen molar-refractivity contribution in [2.24, 2.45) is 0 Å². The minimum absolute atomic E-state index is 0.0800. The van der Waals surface area contributed by atoms with Crippen molar-refractivity contribution in [3.63, 3.8) is 0 Å². The number of aliphatic hydroxyl groups is 1. The van der Waals surface area contributed by atoms with Gasteiger partial charge in [-0.3, -0.25) is 4.79 Å². The Morgan fingerprint density at radius 1 is 1.48 bits per heavy atom. The molecule has 0 aliphatic carbocycles. The van der Waals surface area contributed by atoms with Gasteiger partial charge in [-0.1, -0.05) is 11.6 Å². The first-order valence-electron chi connectivity index (χ1n) is 7.07. The van der Waals surface area contributed by atoms with Crippen LogP contribution in [-0.4, -0.2) is 47.3 Å². The second-order valence-corrected chi connectivity index (χ2v) is 6.19. The summed E-state index contributed by atoms with van der Waals surface area (Å²) in [4.78, 5) is 14.5. The van der Waals surface area contributed by atoms with Gasteiger partial charge in [0.2, 0.25) is 0 Å². The van der Waals surface area contributed by atoms with Gasteiger partial charge < -0.3 is 19.5 Å². The number of hydrogen-bond acceptors (Lipinski definition) is 4. The average molecular weight is 312 g/mol. The second kappa shape index (κ2) is 5.39. The van der Waals surface area contributed by atoms with E-state index >= 15 is 0 Å². The number of carbonyl (C=O) groups is 1. The largest absolute Gasteiger partial charge is 0.490 e. The molecule has 0 saturated carbocycles. The van der Waals surface area contributed by atoms with Crippen molar-refractivity contribution in [1.82, 2.24) is 4.90 Å². The fraction of sp³-hybridized carbons (Fsp3) is 0.533. The van der Waals surface area contributed by atoms with Crippen LogP contribution in [0.1, 0.15) is 30.6 Å². The second-order valence-electron chi connectivity index (χ2n) is 5.76. The SMILES string of the molecule is CC(C)Oc1cc(Cl)cc2c1C(=O)N1C[C@H](O)C[C@@H]1CO2. The molecule has 5 nitrogen and oxygen atoms in total. The molecule has 0 spiro atoms. The van der Waals surface area contributed by atoms with Gasteiger partial charge in [0, 0.05) is 11.6 Å². The van der Waals surface area contributed by atoms with Crippen LogP contribution in [0.3, 0.4) is 0 Å². The molecule has 0 unspecified atom stereocenters. The number of aliphatic hydroxyl groups excluding tert-OH is 1. The summed E-state index contributed by atoms with van der Waals surface area (Å²) < 4.78 is 11.5. The molecule has 0 bridgehead atoms. The van der Waals surface area contributed by atoms with Gasteiger partial charge in [-0.25, -0.2) is 0 Å². The molecule has 114 valence electrons. The van der Waals surface area contributed by atoms with Crippen LogP contribution < -0.4 is 9.47 Å². The Hall–Kier alpha value is -1.46. The maximum Gasteiger partial charge on any atom is 0.261 e. The summed E-state index contributed by atoms with van der Waals surface area (Å²) in [5, 5.41) is 10.2. The Labute approximate surface area is 128 Å². The van der Waals surface area contributed by atoms with E-state index < -0.39 is 6.10 Å². The van der Waals surface area contributed by atoms with E-state index in [0.29, 0.717) is 41.7 Å². The van der Waals surface area contributed by atoms with Crippen LogP contribution in [-0.2, 0) is 0 Å². The van der Waals surface area contributed by atoms with E-state index in [1.54, 1.807) is 17.0 Å². The summed E-state index contributed by atoms with van der Waals surface area (Å²) in [6.07, 6.45) is -0.0390. The fourth-order valence-corrected chi connectivity index (χ4v) is 3.06. The molecule has 3 rings (SSSR count). The van der Waals surface area contributed by atoms with E-state index in [2.05, 4.69) is 0 Å². The molecule has 21 heavy (non-hydrogen) atoms. The third-order valence-corrected chi connectivity index (χ3v) is 3.91. The molecule has 1 N–H and O–H groups in total. The topological polar surface area (TPSA) is 59.0 Å². The molecular formula is C15H18ClNO4. The molecule has 6 heteroatoms. The number of ether oxygens (including phenoxy) is 2. The Morgan fingerprint density at radius 2 is 2.24 bits per heavy atom. The lowest BCUT2D eigenvalue weighted by Gasteiger charge is -2.21. The standard InChI is InChI=1S/C15H18ClNO4/c1-8(2)21-13-4-9(16)3-12-14(13)15(19)17-6-11(18)5-10(17)7-20-12/h3-4,8,10-11,18H,5-7H2,1-2H3/t10-,11-/m1/s1. The lowest BCUT2D eigenvalue weighted by molar-refractivity contribution is 0.0705. The van der Waals surface area contributed by atoms with Crippen molar-refractivity contribution in [1.29, 1.82) is 0 Å². The molecule has 2 aliphatic heterocycles. The number of carbonyl (C=O) groups excluding carboxylic acids is 1. The zero-order chi connectivity index (χ0) is 15.1. The van der Waals surface area contributed by atoms with Crippen molar-refractivity contribution >= 4 is 17.5 Å². The van der Waals surface area contributed by atoms with Gasteiger partial charge in [-0.15, -0.1) is 0 Å².